The van der Waals surface area contributed by atoms with E-state index in [4.69, 9.17) is 9.97 Å². The van der Waals surface area contributed by atoms with E-state index in [9.17, 15) is 35.2 Å². The Morgan fingerprint density at radius 2 is 1.69 bits per heavy atom. The second-order valence-corrected chi connectivity index (χ2v) is 18.5. The molecule has 6 aromatic rings. The highest BCUT2D eigenvalue weighted by Gasteiger charge is 2.57. The van der Waals surface area contributed by atoms with Gasteiger partial charge in [-0.1, -0.05) is 44.2 Å². The molecule has 0 spiro atoms. The fourth-order valence-corrected chi connectivity index (χ4v) is 9.96. The molecule has 0 bridgehead atoms. The van der Waals surface area contributed by atoms with Crippen molar-refractivity contribution in [3.8, 4) is 11.1 Å². The molecule has 0 saturated carbocycles. The van der Waals surface area contributed by atoms with E-state index in [1.165, 1.54) is 22.9 Å². The second kappa shape index (κ2) is 15.8. The van der Waals surface area contributed by atoms with E-state index in [2.05, 4.69) is 37.0 Å². The molecule has 5 heterocycles. The zero-order valence-electron chi connectivity index (χ0n) is 34.0. The third kappa shape index (κ3) is 8.07. The van der Waals surface area contributed by atoms with Gasteiger partial charge in [0.2, 0.25) is 15.9 Å². The van der Waals surface area contributed by atoms with Gasteiger partial charge in [0.15, 0.2) is 22.3 Å². The van der Waals surface area contributed by atoms with Crippen LogP contribution in [0.25, 0.3) is 32.4 Å². The lowest BCUT2D eigenvalue weighted by atomic mass is 9.94. The van der Waals surface area contributed by atoms with E-state index < -0.39 is 81.0 Å². The zero-order chi connectivity index (χ0) is 44.6. The van der Waals surface area contributed by atoms with Gasteiger partial charge in [-0.3, -0.25) is 18.9 Å². The number of benzene rings is 2. The summed E-state index contributed by atoms with van der Waals surface area (Å²) in [5, 5.41) is 11.7. The largest absolute Gasteiger partial charge is 0.435 e. The molecule has 2 aromatic carbocycles. The minimum Gasteiger partial charge on any atom is -0.346 e. The Kier molecular flexibility index (Phi) is 11.0. The van der Waals surface area contributed by atoms with E-state index in [-0.39, 0.29) is 29.1 Å². The summed E-state index contributed by atoms with van der Waals surface area (Å²) >= 11 is 1.36. The monoisotopic (exact) mass is 906 g/mol. The van der Waals surface area contributed by atoms with Crippen molar-refractivity contribution in [1.29, 1.82) is 0 Å². The van der Waals surface area contributed by atoms with Crippen LogP contribution in [0.1, 0.15) is 60.9 Å². The lowest BCUT2D eigenvalue weighted by Gasteiger charge is -2.33. The first-order valence-electron chi connectivity index (χ1n) is 19.7. The number of piperazine rings is 1. The number of carbonyl (C=O) groups excluding carboxylic acids is 1. The number of alkyl halides is 5. The van der Waals surface area contributed by atoms with Crippen LogP contribution < -0.4 is 14.9 Å². The number of rotatable bonds is 11. The lowest BCUT2D eigenvalue weighted by Crippen LogP contribution is -2.46. The number of thiazole rings is 1. The number of para-hydroxylation sites is 1. The van der Waals surface area contributed by atoms with Crippen LogP contribution in [0, 0.1) is 17.6 Å². The number of pyridine rings is 1. The first kappa shape index (κ1) is 43.3. The van der Waals surface area contributed by atoms with E-state index in [1.807, 2.05) is 0 Å². The van der Waals surface area contributed by atoms with Crippen molar-refractivity contribution in [2.75, 3.05) is 48.6 Å². The maximum absolute atomic E-state index is 15.7. The smallest absolute Gasteiger partial charge is 0.346 e. The summed E-state index contributed by atoms with van der Waals surface area (Å²) in [6.07, 6.45) is -4.46. The van der Waals surface area contributed by atoms with Gasteiger partial charge in [-0.2, -0.15) is 37.1 Å². The molecule has 1 fully saturated rings. The number of sulfonamides is 1. The summed E-state index contributed by atoms with van der Waals surface area (Å²) < 4.78 is 133. The zero-order valence-corrected chi connectivity index (χ0v) is 35.6. The maximum atomic E-state index is 15.7. The van der Waals surface area contributed by atoms with Crippen LogP contribution >= 0.6 is 11.3 Å². The SMILES string of the molecule is CCN1CCN(c2nc3nc([C@H](Cc4cc(F)cc(F)c4)NC(=O)Cn4nc(C(F)(F)F)c5c4C(F)(F)[C@H](C)[C@@H]5C)c(-c4cccc5c(NS(C)(=O)=O)nn(C)c45)cc3s2)CC1. The highest BCUT2D eigenvalue weighted by molar-refractivity contribution is 7.92. The van der Waals surface area contributed by atoms with Gasteiger partial charge < -0.3 is 15.1 Å². The van der Waals surface area contributed by atoms with Crippen molar-refractivity contribution in [1.82, 2.24) is 39.7 Å². The molecule has 330 valence electrons. The number of halogens is 7. The summed E-state index contributed by atoms with van der Waals surface area (Å²) in [6, 6.07) is 8.22. The molecule has 2 aliphatic rings. The van der Waals surface area contributed by atoms with Crippen molar-refractivity contribution in [2.24, 2.45) is 13.0 Å². The fourth-order valence-electron chi connectivity index (χ4n) is 8.46. The molecule has 0 radical (unpaired) electrons. The summed E-state index contributed by atoms with van der Waals surface area (Å²) in [5.74, 6) is -9.40. The number of hydrogen-bond acceptors (Lipinski definition) is 10. The van der Waals surface area contributed by atoms with Gasteiger partial charge in [-0.25, -0.2) is 22.2 Å². The van der Waals surface area contributed by atoms with Crippen LogP contribution in [0.4, 0.5) is 41.7 Å². The van der Waals surface area contributed by atoms with Gasteiger partial charge in [0.05, 0.1) is 28.2 Å². The summed E-state index contributed by atoms with van der Waals surface area (Å²) in [7, 11) is -2.19. The predicted molar refractivity (Wildman–Crippen MR) is 220 cm³/mol. The molecule has 3 atom stereocenters. The van der Waals surface area contributed by atoms with Gasteiger partial charge in [-0.15, -0.1) is 0 Å². The van der Waals surface area contributed by atoms with Crippen LogP contribution in [0.3, 0.4) is 0 Å². The van der Waals surface area contributed by atoms with Gasteiger partial charge >= 0.3 is 6.18 Å². The van der Waals surface area contributed by atoms with E-state index >= 15 is 8.78 Å². The van der Waals surface area contributed by atoms with Crippen molar-refractivity contribution >= 4 is 59.5 Å². The first-order valence-corrected chi connectivity index (χ1v) is 22.4. The average molecular weight is 907 g/mol. The van der Waals surface area contributed by atoms with Crippen LogP contribution in [-0.4, -0.2) is 87.7 Å². The average Bonchev–Trinajstić information content (AvgIpc) is 3.92. The third-order valence-electron chi connectivity index (χ3n) is 11.6. The standard InChI is InChI=1S/C40H41F7N10O3S2/c1-6-55-10-12-56(13-11-55)38-50-37-29(61-38)18-27(25-8-7-9-26-33(25)54(4)52-36(26)53-62(5,59)60)32(49-37)28(16-22-14-23(41)17-24(42)15-22)48-30(58)19-57-35-31(34(51-57)40(45,46)47)20(2)21(3)39(35,43)44/h7-9,14-15,17-18,20-21,28H,6,10-13,16,19H2,1-5H3,(H,48,58)(H,52,53)/t20-,21+,28-/m0/s1. The van der Waals surface area contributed by atoms with Crippen molar-refractivity contribution in [3.05, 3.63) is 82.3 Å². The Morgan fingerprint density at radius 1 is 1.00 bits per heavy atom. The molecule has 1 aliphatic heterocycles. The van der Waals surface area contributed by atoms with Crippen molar-refractivity contribution in [3.63, 3.8) is 0 Å². The van der Waals surface area contributed by atoms with Crippen molar-refractivity contribution < 1.29 is 43.9 Å². The molecule has 62 heavy (non-hydrogen) atoms. The Hall–Kier alpha value is -5.35. The number of carbonyl (C=O) groups is 1. The number of amides is 1. The van der Waals surface area contributed by atoms with Crippen molar-refractivity contribution in [2.45, 2.75) is 57.8 Å². The molecule has 2 N–H and O–H groups in total. The Morgan fingerprint density at radius 3 is 2.34 bits per heavy atom. The summed E-state index contributed by atoms with van der Waals surface area (Å²) in [5.41, 5.74) is -1.56. The summed E-state index contributed by atoms with van der Waals surface area (Å²) in [6.45, 7) is 7.25. The minimum absolute atomic E-state index is 0.0271. The quantitative estimate of drug-likeness (QED) is 0.129. The van der Waals surface area contributed by atoms with Crippen LogP contribution in [0.2, 0.25) is 0 Å². The highest BCUT2D eigenvalue weighted by atomic mass is 32.2. The highest BCUT2D eigenvalue weighted by Crippen LogP contribution is 2.55. The number of nitrogens with one attached hydrogen (secondary N) is 2. The topological polar surface area (TPSA) is 143 Å². The lowest BCUT2D eigenvalue weighted by molar-refractivity contribution is -0.143. The normalized spacial score (nSPS) is 18.7. The minimum atomic E-state index is -5.10. The number of anilines is 2. The van der Waals surface area contributed by atoms with E-state index in [0.717, 1.165) is 44.9 Å². The van der Waals surface area contributed by atoms with E-state index in [1.54, 1.807) is 31.3 Å². The summed E-state index contributed by atoms with van der Waals surface area (Å²) in [4.78, 5) is 28.4. The van der Waals surface area contributed by atoms with Gasteiger partial charge in [0.1, 0.15) is 23.9 Å². The maximum Gasteiger partial charge on any atom is 0.435 e. The van der Waals surface area contributed by atoms with Crippen LogP contribution in [-0.2, 0) is 46.9 Å². The number of fused-ring (bicyclic) bond motifs is 3. The van der Waals surface area contributed by atoms with E-state index in [0.29, 0.717) is 55.7 Å². The molecule has 1 aliphatic carbocycles. The molecule has 0 unspecified atom stereocenters. The Labute approximate surface area is 355 Å². The number of hydrogen-bond donors (Lipinski definition) is 2. The fraction of sp³-hybridized carbons (Fsp3) is 0.425. The predicted octanol–water partition coefficient (Wildman–Crippen LogP) is 7.20. The molecule has 13 nitrogen and oxygen atoms in total. The number of aromatic nitrogens is 6. The Balaban J connectivity index is 1.29. The number of aryl methyl sites for hydroxylation is 1. The molecule has 1 amide bonds. The number of likely N-dealkylation sites (N-methyl/N-ethyl adjacent to an activating group) is 1. The van der Waals surface area contributed by atoms with Gasteiger partial charge in [-0.05, 0) is 48.7 Å². The molecule has 1 saturated heterocycles. The third-order valence-corrected chi connectivity index (χ3v) is 13.2. The second-order valence-electron chi connectivity index (χ2n) is 15.8. The first-order chi connectivity index (χ1) is 29.1. The Bertz CT molecular complexity index is 2810. The molecule has 8 rings (SSSR count). The molecule has 22 heteroatoms. The molecular formula is C40H41F7N10O3S2. The van der Waals surface area contributed by atoms with Gasteiger partial charge in [0, 0.05) is 67.3 Å². The van der Waals surface area contributed by atoms with Gasteiger partial charge in [0.25, 0.3) is 5.92 Å². The molecular weight excluding hydrogens is 866 g/mol. The van der Waals surface area contributed by atoms with Crippen LogP contribution in [0.15, 0.2) is 42.5 Å². The molecule has 4 aromatic heterocycles. The van der Waals surface area contributed by atoms with Crippen LogP contribution in [0.5, 0.6) is 0 Å². The number of nitrogens with zero attached hydrogens (tertiary/aromatic N) is 8.